The van der Waals surface area contributed by atoms with Gasteiger partial charge in [0.25, 0.3) is 0 Å². The molecule has 0 aliphatic heterocycles. The minimum atomic E-state index is -0.0999. The summed E-state index contributed by atoms with van der Waals surface area (Å²) < 4.78 is 2.39. The van der Waals surface area contributed by atoms with Crippen molar-refractivity contribution in [3.05, 3.63) is 229 Å². The molecule has 0 saturated carbocycles. The zero-order chi connectivity index (χ0) is 41.7. The first-order valence-corrected chi connectivity index (χ1v) is 21.8. The van der Waals surface area contributed by atoms with Crippen LogP contribution in [-0.2, 0) is 10.8 Å². The molecule has 1 aromatic heterocycles. The van der Waals surface area contributed by atoms with Crippen LogP contribution in [-0.4, -0.2) is 4.57 Å². The van der Waals surface area contributed by atoms with Crippen molar-refractivity contribution in [2.24, 2.45) is 0 Å². The summed E-state index contributed by atoms with van der Waals surface area (Å²) in [6, 6.07) is 76.5. The third-order valence-corrected chi connectivity index (χ3v) is 14.0. The molecule has 0 saturated heterocycles. The van der Waals surface area contributed by atoms with E-state index in [4.69, 9.17) is 0 Å². The van der Waals surface area contributed by atoms with Gasteiger partial charge < -0.3 is 9.47 Å². The van der Waals surface area contributed by atoms with E-state index in [-0.39, 0.29) is 10.8 Å². The Hall–Kier alpha value is -7.42. The molecule has 0 atom stereocenters. The number of nitrogens with zero attached hydrogens (tertiary/aromatic N) is 2. The van der Waals surface area contributed by atoms with Gasteiger partial charge in [0.1, 0.15) is 0 Å². The molecule has 0 radical (unpaired) electrons. The van der Waals surface area contributed by atoms with Crippen LogP contribution in [0.1, 0.15) is 49.9 Å². The Morgan fingerprint density at radius 3 is 1.35 bits per heavy atom. The molecule has 0 bridgehead atoms. The lowest BCUT2D eigenvalue weighted by Crippen LogP contribution is -2.18. The third kappa shape index (κ3) is 5.43. The minimum Gasteiger partial charge on any atom is -0.310 e. The average molecular weight is 795 g/mol. The number of aromatic nitrogens is 1. The molecule has 0 amide bonds. The number of hydrogen-bond donors (Lipinski definition) is 0. The summed E-state index contributed by atoms with van der Waals surface area (Å²) in [6.07, 6.45) is 0. The van der Waals surface area contributed by atoms with Crippen LogP contribution in [0, 0.1) is 0 Å². The van der Waals surface area contributed by atoms with E-state index in [2.05, 4.69) is 243 Å². The van der Waals surface area contributed by atoms with Gasteiger partial charge in [0.2, 0.25) is 0 Å². The Morgan fingerprint density at radius 1 is 0.323 bits per heavy atom. The van der Waals surface area contributed by atoms with Gasteiger partial charge in [-0.15, -0.1) is 0 Å². The highest BCUT2D eigenvalue weighted by molar-refractivity contribution is 6.10. The van der Waals surface area contributed by atoms with Gasteiger partial charge in [-0.05, 0) is 127 Å². The largest absolute Gasteiger partial charge is 0.310 e. The number of para-hydroxylation sites is 2. The van der Waals surface area contributed by atoms with E-state index in [9.17, 15) is 0 Å². The van der Waals surface area contributed by atoms with Gasteiger partial charge in [-0.1, -0.05) is 173 Å². The topological polar surface area (TPSA) is 8.17 Å². The highest BCUT2D eigenvalue weighted by Crippen LogP contribution is 2.53. The predicted octanol–water partition coefficient (Wildman–Crippen LogP) is 16.2. The number of benzene rings is 9. The molecule has 12 rings (SSSR count). The SMILES string of the molecule is CC1(C)c2ccccc2-c2ccc(N(c3ccc(-c4ccc(-c5ccc6c7ccccc7n(-c7ccccc7)c6c5)cc4)cc3)c3ccc4c(c3)C(C)(C)c3ccccc3-4)cc21. The van der Waals surface area contributed by atoms with Gasteiger partial charge in [0.15, 0.2) is 0 Å². The molecular formula is C60H46N2. The fraction of sp³-hybridized carbons (Fsp3) is 0.100. The highest BCUT2D eigenvalue weighted by Gasteiger charge is 2.37. The molecule has 1 heterocycles. The molecule has 0 N–H and O–H groups in total. The Labute approximate surface area is 364 Å². The lowest BCUT2D eigenvalue weighted by Gasteiger charge is -2.30. The van der Waals surface area contributed by atoms with Crippen molar-refractivity contribution in [1.29, 1.82) is 0 Å². The van der Waals surface area contributed by atoms with Crippen molar-refractivity contribution < 1.29 is 0 Å². The van der Waals surface area contributed by atoms with Crippen molar-refractivity contribution >= 4 is 38.9 Å². The highest BCUT2D eigenvalue weighted by atomic mass is 15.1. The van der Waals surface area contributed by atoms with Crippen LogP contribution in [0.3, 0.4) is 0 Å². The van der Waals surface area contributed by atoms with E-state index in [1.165, 1.54) is 106 Å². The maximum atomic E-state index is 2.45. The molecule has 10 aromatic rings. The molecule has 0 unspecified atom stereocenters. The molecule has 2 heteroatoms. The van der Waals surface area contributed by atoms with Crippen molar-refractivity contribution in [2.75, 3.05) is 4.90 Å². The van der Waals surface area contributed by atoms with Gasteiger partial charge in [-0.2, -0.15) is 0 Å². The fourth-order valence-corrected chi connectivity index (χ4v) is 10.8. The second-order valence-electron chi connectivity index (χ2n) is 18.2. The maximum absolute atomic E-state index is 2.45. The lowest BCUT2D eigenvalue weighted by atomic mass is 9.82. The van der Waals surface area contributed by atoms with Gasteiger partial charge in [0, 0.05) is 44.4 Å². The van der Waals surface area contributed by atoms with Gasteiger partial charge in [0.05, 0.1) is 11.0 Å². The maximum Gasteiger partial charge on any atom is 0.0547 e. The zero-order valence-electron chi connectivity index (χ0n) is 35.5. The van der Waals surface area contributed by atoms with E-state index < -0.39 is 0 Å². The van der Waals surface area contributed by atoms with E-state index >= 15 is 0 Å². The summed E-state index contributed by atoms with van der Waals surface area (Å²) in [5.74, 6) is 0. The van der Waals surface area contributed by atoms with Crippen LogP contribution in [0.15, 0.2) is 206 Å². The number of fused-ring (bicyclic) bond motifs is 9. The van der Waals surface area contributed by atoms with Crippen LogP contribution in [0.5, 0.6) is 0 Å². The number of anilines is 3. The lowest BCUT2D eigenvalue weighted by molar-refractivity contribution is 0.660. The first-order valence-electron chi connectivity index (χ1n) is 21.8. The summed E-state index contributed by atoms with van der Waals surface area (Å²) in [7, 11) is 0. The summed E-state index contributed by atoms with van der Waals surface area (Å²) in [5, 5.41) is 2.53. The van der Waals surface area contributed by atoms with E-state index in [1.807, 2.05) is 0 Å². The van der Waals surface area contributed by atoms with Crippen molar-refractivity contribution in [2.45, 2.75) is 38.5 Å². The molecule has 9 aromatic carbocycles. The average Bonchev–Trinajstić information content (AvgIpc) is 3.86. The van der Waals surface area contributed by atoms with Gasteiger partial charge in [-0.3, -0.25) is 0 Å². The first kappa shape index (κ1) is 36.4. The van der Waals surface area contributed by atoms with Gasteiger partial charge in [-0.25, -0.2) is 0 Å². The second-order valence-corrected chi connectivity index (χ2v) is 18.2. The Bertz CT molecular complexity index is 3280. The van der Waals surface area contributed by atoms with Gasteiger partial charge >= 0.3 is 0 Å². The van der Waals surface area contributed by atoms with Crippen LogP contribution in [0.2, 0.25) is 0 Å². The fourth-order valence-electron chi connectivity index (χ4n) is 10.8. The van der Waals surface area contributed by atoms with E-state index in [0.717, 1.165) is 5.69 Å². The third-order valence-electron chi connectivity index (χ3n) is 14.0. The smallest absolute Gasteiger partial charge is 0.0547 e. The summed E-state index contributed by atoms with van der Waals surface area (Å²) in [5.41, 5.74) is 22.5. The molecule has 0 spiro atoms. The zero-order valence-corrected chi connectivity index (χ0v) is 35.5. The van der Waals surface area contributed by atoms with Crippen molar-refractivity contribution in [3.63, 3.8) is 0 Å². The van der Waals surface area contributed by atoms with Crippen molar-refractivity contribution in [3.8, 4) is 50.2 Å². The van der Waals surface area contributed by atoms with Crippen LogP contribution in [0.4, 0.5) is 17.1 Å². The normalized spacial score (nSPS) is 14.1. The van der Waals surface area contributed by atoms with E-state index in [1.54, 1.807) is 0 Å². The Kier molecular flexibility index (Phi) is 7.96. The molecular weight excluding hydrogens is 749 g/mol. The number of rotatable bonds is 6. The number of hydrogen-bond acceptors (Lipinski definition) is 1. The molecule has 2 aliphatic carbocycles. The summed E-state index contributed by atoms with van der Waals surface area (Å²) >= 11 is 0. The molecule has 0 fully saturated rings. The quantitative estimate of drug-likeness (QED) is 0.163. The summed E-state index contributed by atoms with van der Waals surface area (Å²) in [4.78, 5) is 2.45. The summed E-state index contributed by atoms with van der Waals surface area (Å²) in [6.45, 7) is 9.46. The van der Waals surface area contributed by atoms with Crippen LogP contribution in [0.25, 0.3) is 72.0 Å². The Balaban J connectivity index is 0.917. The minimum absolute atomic E-state index is 0.0999. The predicted molar refractivity (Wildman–Crippen MR) is 261 cm³/mol. The van der Waals surface area contributed by atoms with E-state index in [0.29, 0.717) is 0 Å². The second kappa shape index (κ2) is 13.5. The van der Waals surface area contributed by atoms with Crippen LogP contribution < -0.4 is 4.90 Å². The Morgan fingerprint density at radius 2 is 0.758 bits per heavy atom. The molecule has 296 valence electrons. The standard InChI is InChI=1S/C60H46N2/c1-59(2)53-19-11-8-16-47(53)49-34-31-45(37-55(49)59)61(46-32-35-50-48-17-9-12-20-54(48)60(3,4)56(50)38-46)44-29-26-40(27-30-44)39-22-24-41(25-23-39)42-28-33-52-51-18-10-13-21-57(51)62(58(52)36-42)43-14-6-5-7-15-43/h5-38H,1-4H3. The monoisotopic (exact) mass is 794 g/mol. The molecule has 2 aliphatic rings. The van der Waals surface area contributed by atoms with Crippen LogP contribution >= 0.6 is 0 Å². The van der Waals surface area contributed by atoms with Crippen molar-refractivity contribution in [1.82, 2.24) is 4.57 Å². The molecule has 62 heavy (non-hydrogen) atoms. The first-order chi connectivity index (χ1) is 30.3. The molecule has 2 nitrogen and oxygen atoms in total.